The van der Waals surface area contributed by atoms with Crippen LogP contribution < -0.4 is 5.73 Å². The molecule has 5 heteroatoms. The molecule has 0 saturated heterocycles. The molecule has 0 saturated carbocycles. The van der Waals surface area contributed by atoms with Crippen molar-refractivity contribution in [2.75, 3.05) is 32.0 Å². The molecule has 0 radical (unpaired) electrons. The van der Waals surface area contributed by atoms with E-state index >= 15 is 0 Å². The third-order valence-electron chi connectivity index (χ3n) is 3.08. The van der Waals surface area contributed by atoms with Crippen LogP contribution in [-0.2, 0) is 4.79 Å². The molecule has 0 aromatic heterocycles. The summed E-state index contributed by atoms with van der Waals surface area (Å²) in [6, 6.07) is 7.45. The molecule has 1 atom stereocenters. The van der Waals surface area contributed by atoms with Gasteiger partial charge in [0.05, 0.1) is 13.2 Å². The molecule has 1 unspecified atom stereocenters. The van der Waals surface area contributed by atoms with Crippen LogP contribution in [0.15, 0.2) is 24.3 Å². The van der Waals surface area contributed by atoms with Gasteiger partial charge in [-0.25, -0.2) is 0 Å². The Labute approximate surface area is 113 Å². The summed E-state index contributed by atoms with van der Waals surface area (Å²) in [7, 11) is 0. The topological polar surface area (TPSA) is 86.8 Å². The predicted octanol–water partition coefficient (Wildman–Crippen LogP) is 0.576. The summed E-state index contributed by atoms with van der Waals surface area (Å²) in [4.78, 5) is 13.5. The van der Waals surface area contributed by atoms with Crippen molar-refractivity contribution in [2.45, 2.75) is 19.3 Å². The molecule has 0 aliphatic carbocycles. The van der Waals surface area contributed by atoms with Crippen molar-refractivity contribution >= 4 is 11.6 Å². The Morgan fingerprint density at radius 1 is 1.21 bits per heavy atom. The summed E-state index contributed by atoms with van der Waals surface area (Å²) in [5, 5.41) is 17.8. The Hall–Kier alpha value is -1.59. The second-order valence-electron chi connectivity index (χ2n) is 4.60. The number of aliphatic hydroxyl groups is 2. The molecule has 1 rings (SSSR count). The van der Waals surface area contributed by atoms with Crippen LogP contribution in [0.4, 0.5) is 5.69 Å². The number of hydrogen-bond acceptors (Lipinski definition) is 4. The van der Waals surface area contributed by atoms with E-state index in [-0.39, 0.29) is 38.1 Å². The second kappa shape index (κ2) is 7.76. The summed E-state index contributed by atoms with van der Waals surface area (Å²) < 4.78 is 0. The average Bonchev–Trinajstić information content (AvgIpc) is 2.39. The highest BCUT2D eigenvalue weighted by atomic mass is 16.3. The van der Waals surface area contributed by atoms with Gasteiger partial charge in [0.15, 0.2) is 0 Å². The molecule has 1 aromatic carbocycles. The van der Waals surface area contributed by atoms with E-state index in [4.69, 9.17) is 15.9 Å². The van der Waals surface area contributed by atoms with E-state index < -0.39 is 0 Å². The van der Waals surface area contributed by atoms with Crippen LogP contribution in [-0.4, -0.2) is 47.3 Å². The highest BCUT2D eigenvalue weighted by molar-refractivity contribution is 5.77. The molecule has 1 amide bonds. The molecule has 19 heavy (non-hydrogen) atoms. The zero-order valence-electron chi connectivity index (χ0n) is 11.2. The van der Waals surface area contributed by atoms with E-state index in [0.29, 0.717) is 12.1 Å². The lowest BCUT2D eigenvalue weighted by molar-refractivity contribution is -0.132. The standard InChI is InChI=1S/C14H22N2O3/c1-11(12-2-4-13(15)5-3-12)10-14(19)16(6-8-17)7-9-18/h2-5,11,17-18H,6-10,15H2,1H3. The minimum atomic E-state index is -0.0952. The lowest BCUT2D eigenvalue weighted by Gasteiger charge is -2.22. The first kappa shape index (κ1) is 15.5. The van der Waals surface area contributed by atoms with Crippen molar-refractivity contribution in [3.8, 4) is 0 Å². The summed E-state index contributed by atoms with van der Waals surface area (Å²) in [5.74, 6) is 0.0143. The lowest BCUT2D eigenvalue weighted by atomic mass is 9.97. The van der Waals surface area contributed by atoms with Gasteiger partial charge in [0.25, 0.3) is 0 Å². The maximum absolute atomic E-state index is 12.1. The Bertz CT molecular complexity index is 386. The van der Waals surface area contributed by atoms with Crippen molar-refractivity contribution in [2.24, 2.45) is 0 Å². The van der Waals surface area contributed by atoms with Crippen molar-refractivity contribution < 1.29 is 15.0 Å². The molecule has 0 fully saturated rings. The number of carbonyl (C=O) groups is 1. The third-order valence-corrected chi connectivity index (χ3v) is 3.08. The van der Waals surface area contributed by atoms with E-state index in [1.54, 1.807) is 0 Å². The van der Waals surface area contributed by atoms with Gasteiger partial charge < -0.3 is 20.8 Å². The summed E-state index contributed by atoms with van der Waals surface area (Å²) in [6.45, 7) is 2.30. The highest BCUT2D eigenvalue weighted by Crippen LogP contribution is 2.21. The second-order valence-corrected chi connectivity index (χ2v) is 4.60. The Morgan fingerprint density at radius 3 is 2.21 bits per heavy atom. The van der Waals surface area contributed by atoms with Gasteiger partial charge in [-0.15, -0.1) is 0 Å². The first-order chi connectivity index (χ1) is 9.08. The monoisotopic (exact) mass is 266 g/mol. The van der Waals surface area contributed by atoms with Crippen LogP contribution in [0.2, 0.25) is 0 Å². The Balaban J connectivity index is 2.61. The average molecular weight is 266 g/mol. The molecule has 0 heterocycles. The van der Waals surface area contributed by atoms with Crippen molar-refractivity contribution in [1.29, 1.82) is 0 Å². The van der Waals surface area contributed by atoms with Gasteiger partial charge in [-0.2, -0.15) is 0 Å². The number of anilines is 1. The zero-order chi connectivity index (χ0) is 14.3. The van der Waals surface area contributed by atoms with Gasteiger partial charge in [-0.05, 0) is 23.6 Å². The van der Waals surface area contributed by atoms with E-state index in [9.17, 15) is 4.79 Å². The number of carbonyl (C=O) groups excluding carboxylic acids is 1. The number of amides is 1. The van der Waals surface area contributed by atoms with E-state index in [1.807, 2.05) is 31.2 Å². The van der Waals surface area contributed by atoms with Crippen LogP contribution >= 0.6 is 0 Å². The van der Waals surface area contributed by atoms with Crippen molar-refractivity contribution in [1.82, 2.24) is 4.90 Å². The zero-order valence-corrected chi connectivity index (χ0v) is 11.2. The normalized spacial score (nSPS) is 12.2. The quantitative estimate of drug-likeness (QED) is 0.630. The van der Waals surface area contributed by atoms with E-state index in [0.717, 1.165) is 5.56 Å². The molecule has 1 aromatic rings. The van der Waals surface area contributed by atoms with Gasteiger partial charge in [0.1, 0.15) is 0 Å². The number of nitrogen functional groups attached to an aromatic ring is 1. The maximum atomic E-state index is 12.1. The van der Waals surface area contributed by atoms with Crippen molar-refractivity contribution in [3.63, 3.8) is 0 Å². The van der Waals surface area contributed by atoms with Crippen molar-refractivity contribution in [3.05, 3.63) is 29.8 Å². The fourth-order valence-electron chi connectivity index (χ4n) is 1.94. The van der Waals surface area contributed by atoms with Crippen LogP contribution in [0.3, 0.4) is 0 Å². The van der Waals surface area contributed by atoms with Gasteiger partial charge in [0.2, 0.25) is 5.91 Å². The van der Waals surface area contributed by atoms with E-state index in [1.165, 1.54) is 4.90 Å². The number of nitrogens with zero attached hydrogens (tertiary/aromatic N) is 1. The number of rotatable bonds is 7. The fraction of sp³-hybridized carbons (Fsp3) is 0.500. The number of benzene rings is 1. The maximum Gasteiger partial charge on any atom is 0.223 e. The minimum Gasteiger partial charge on any atom is -0.399 e. The molecular formula is C14H22N2O3. The minimum absolute atomic E-state index is 0.0626. The third kappa shape index (κ3) is 4.89. The molecule has 5 nitrogen and oxygen atoms in total. The van der Waals surface area contributed by atoms with Crippen LogP contribution in [0.25, 0.3) is 0 Å². The largest absolute Gasteiger partial charge is 0.399 e. The van der Waals surface area contributed by atoms with Crippen LogP contribution in [0.5, 0.6) is 0 Å². The molecule has 0 bridgehead atoms. The molecule has 106 valence electrons. The number of aliphatic hydroxyl groups excluding tert-OH is 2. The van der Waals surface area contributed by atoms with Crippen LogP contribution in [0, 0.1) is 0 Å². The van der Waals surface area contributed by atoms with E-state index in [2.05, 4.69) is 0 Å². The highest BCUT2D eigenvalue weighted by Gasteiger charge is 2.16. The molecule has 4 N–H and O–H groups in total. The SMILES string of the molecule is CC(CC(=O)N(CCO)CCO)c1ccc(N)cc1. The summed E-state index contributed by atoms with van der Waals surface area (Å²) in [5.41, 5.74) is 7.37. The Morgan fingerprint density at radius 2 is 1.74 bits per heavy atom. The number of nitrogens with two attached hydrogens (primary N) is 1. The van der Waals surface area contributed by atoms with Gasteiger partial charge in [-0.3, -0.25) is 4.79 Å². The van der Waals surface area contributed by atoms with Gasteiger partial charge >= 0.3 is 0 Å². The van der Waals surface area contributed by atoms with Crippen LogP contribution in [0.1, 0.15) is 24.8 Å². The molecule has 0 aliphatic rings. The Kier molecular flexibility index (Phi) is 6.32. The lowest BCUT2D eigenvalue weighted by Crippen LogP contribution is -2.36. The smallest absolute Gasteiger partial charge is 0.223 e. The predicted molar refractivity (Wildman–Crippen MR) is 74.6 cm³/mol. The number of hydrogen-bond donors (Lipinski definition) is 3. The first-order valence-electron chi connectivity index (χ1n) is 6.43. The van der Waals surface area contributed by atoms with Gasteiger partial charge in [-0.1, -0.05) is 19.1 Å². The fourth-order valence-corrected chi connectivity index (χ4v) is 1.94. The molecule has 0 spiro atoms. The summed E-state index contributed by atoms with van der Waals surface area (Å²) in [6.07, 6.45) is 0.351. The first-order valence-corrected chi connectivity index (χ1v) is 6.43. The molecule has 0 aliphatic heterocycles. The molecular weight excluding hydrogens is 244 g/mol. The van der Waals surface area contributed by atoms with Gasteiger partial charge in [0, 0.05) is 25.2 Å². The summed E-state index contributed by atoms with van der Waals surface area (Å²) >= 11 is 0.